The summed E-state index contributed by atoms with van der Waals surface area (Å²) in [5.74, 6) is 0.569. The number of anilines is 1. The molecule has 1 aromatic heterocycles. The smallest absolute Gasteiger partial charge is 0.289 e. The lowest BCUT2D eigenvalue weighted by Crippen LogP contribution is -2.50. The van der Waals surface area contributed by atoms with E-state index >= 15 is 0 Å². The number of piperazine rings is 1. The molecule has 0 atom stereocenters. The van der Waals surface area contributed by atoms with Gasteiger partial charge in [0, 0.05) is 38.3 Å². The van der Waals surface area contributed by atoms with E-state index in [1.54, 1.807) is 0 Å². The minimum atomic E-state index is -0.518. The second kappa shape index (κ2) is 6.28. The van der Waals surface area contributed by atoms with E-state index in [0.29, 0.717) is 11.9 Å². The van der Waals surface area contributed by atoms with Gasteiger partial charge < -0.3 is 4.90 Å². The first kappa shape index (κ1) is 14.7. The van der Waals surface area contributed by atoms with Crippen LogP contribution in [0.4, 0.5) is 11.5 Å². The van der Waals surface area contributed by atoms with Crippen LogP contribution in [0, 0.1) is 21.4 Å². The third-order valence-corrected chi connectivity index (χ3v) is 4.64. The van der Waals surface area contributed by atoms with E-state index in [4.69, 9.17) is 0 Å². The number of pyridine rings is 1. The number of hydrogen-bond acceptors (Lipinski definition) is 6. The van der Waals surface area contributed by atoms with Crippen LogP contribution < -0.4 is 4.90 Å². The largest absolute Gasteiger partial charge is 0.353 e. The number of rotatable bonds is 3. The van der Waals surface area contributed by atoms with Crippen molar-refractivity contribution >= 4 is 11.5 Å². The molecule has 0 amide bonds. The van der Waals surface area contributed by atoms with Crippen molar-refractivity contribution in [3.8, 4) is 6.07 Å². The van der Waals surface area contributed by atoms with Gasteiger partial charge in [-0.25, -0.2) is 4.98 Å². The van der Waals surface area contributed by atoms with Crippen LogP contribution in [0.15, 0.2) is 12.3 Å². The fourth-order valence-corrected chi connectivity index (χ4v) is 3.45. The molecular formula is C15H19N5O2. The summed E-state index contributed by atoms with van der Waals surface area (Å²) < 4.78 is 0. The second-order valence-electron chi connectivity index (χ2n) is 5.89. The first-order valence-electron chi connectivity index (χ1n) is 7.72. The van der Waals surface area contributed by atoms with Gasteiger partial charge in [-0.1, -0.05) is 12.8 Å². The summed E-state index contributed by atoms with van der Waals surface area (Å²) in [5.41, 5.74) is 0.147. The Labute approximate surface area is 129 Å². The van der Waals surface area contributed by atoms with Gasteiger partial charge in [0.2, 0.25) is 0 Å². The average molecular weight is 301 g/mol. The zero-order valence-electron chi connectivity index (χ0n) is 12.4. The normalized spacial score (nSPS) is 20.0. The van der Waals surface area contributed by atoms with Crippen LogP contribution in [0.2, 0.25) is 0 Å². The Bertz CT molecular complexity index is 598. The molecule has 0 unspecified atom stereocenters. The number of nitriles is 1. The molecular weight excluding hydrogens is 282 g/mol. The van der Waals surface area contributed by atoms with Gasteiger partial charge >= 0.3 is 0 Å². The Hall–Kier alpha value is -2.20. The first-order valence-corrected chi connectivity index (χ1v) is 7.72. The number of hydrogen-bond donors (Lipinski definition) is 0. The highest BCUT2D eigenvalue weighted by molar-refractivity contribution is 5.57. The third kappa shape index (κ3) is 2.88. The van der Waals surface area contributed by atoms with E-state index in [1.807, 2.05) is 6.07 Å². The summed E-state index contributed by atoms with van der Waals surface area (Å²) in [6, 6.07) is 4.05. The predicted molar refractivity (Wildman–Crippen MR) is 81.6 cm³/mol. The Morgan fingerprint density at radius 1 is 1.27 bits per heavy atom. The van der Waals surface area contributed by atoms with Gasteiger partial charge in [0.1, 0.15) is 23.6 Å². The Morgan fingerprint density at radius 3 is 2.55 bits per heavy atom. The molecule has 7 heteroatoms. The van der Waals surface area contributed by atoms with Crippen LogP contribution in [-0.2, 0) is 0 Å². The maximum absolute atomic E-state index is 10.8. The summed E-state index contributed by atoms with van der Waals surface area (Å²) in [4.78, 5) is 19.0. The van der Waals surface area contributed by atoms with Crippen LogP contribution >= 0.6 is 0 Å². The van der Waals surface area contributed by atoms with Crippen molar-refractivity contribution in [2.75, 3.05) is 31.1 Å². The Morgan fingerprint density at radius 2 is 1.95 bits per heavy atom. The minimum Gasteiger partial charge on any atom is -0.353 e. The first-order chi connectivity index (χ1) is 10.7. The summed E-state index contributed by atoms with van der Waals surface area (Å²) in [7, 11) is 0. The summed E-state index contributed by atoms with van der Waals surface area (Å²) in [6.45, 7) is 3.56. The van der Waals surface area contributed by atoms with Crippen molar-refractivity contribution < 1.29 is 4.92 Å². The van der Waals surface area contributed by atoms with E-state index in [1.165, 1.54) is 37.9 Å². The lowest BCUT2D eigenvalue weighted by atomic mass is 10.1. The van der Waals surface area contributed by atoms with Gasteiger partial charge in [0.05, 0.1) is 4.92 Å². The molecule has 116 valence electrons. The van der Waals surface area contributed by atoms with Crippen LogP contribution in [-0.4, -0.2) is 47.0 Å². The fourth-order valence-electron chi connectivity index (χ4n) is 3.45. The molecule has 1 saturated carbocycles. The highest BCUT2D eigenvalue weighted by Crippen LogP contribution is 2.27. The van der Waals surface area contributed by atoms with Crippen molar-refractivity contribution in [1.82, 2.24) is 9.88 Å². The monoisotopic (exact) mass is 301 g/mol. The lowest BCUT2D eigenvalue weighted by molar-refractivity contribution is -0.385. The van der Waals surface area contributed by atoms with Gasteiger partial charge in [-0.15, -0.1) is 0 Å². The molecule has 3 rings (SSSR count). The van der Waals surface area contributed by atoms with Gasteiger partial charge in [0.15, 0.2) is 0 Å². The maximum atomic E-state index is 10.8. The van der Waals surface area contributed by atoms with Gasteiger partial charge in [-0.3, -0.25) is 15.0 Å². The highest BCUT2D eigenvalue weighted by Gasteiger charge is 2.27. The van der Waals surface area contributed by atoms with E-state index in [-0.39, 0.29) is 11.3 Å². The molecule has 1 saturated heterocycles. The van der Waals surface area contributed by atoms with Crippen molar-refractivity contribution in [3.63, 3.8) is 0 Å². The summed E-state index contributed by atoms with van der Waals surface area (Å²) in [6.07, 6.45) is 6.47. The zero-order chi connectivity index (χ0) is 15.5. The van der Waals surface area contributed by atoms with Crippen LogP contribution in [0.25, 0.3) is 0 Å². The van der Waals surface area contributed by atoms with Crippen LogP contribution in [0.1, 0.15) is 31.2 Å². The fraction of sp³-hybridized carbons (Fsp3) is 0.600. The van der Waals surface area contributed by atoms with Crippen LogP contribution in [0.3, 0.4) is 0 Å². The van der Waals surface area contributed by atoms with Gasteiger partial charge in [0.25, 0.3) is 5.69 Å². The number of nitrogens with zero attached hydrogens (tertiary/aromatic N) is 5. The molecule has 1 aliphatic carbocycles. The molecule has 1 aromatic rings. The predicted octanol–water partition coefficient (Wildman–Crippen LogP) is 1.93. The highest BCUT2D eigenvalue weighted by atomic mass is 16.6. The molecule has 0 radical (unpaired) electrons. The quantitative estimate of drug-likeness (QED) is 0.626. The molecule has 2 fully saturated rings. The van der Waals surface area contributed by atoms with E-state index in [2.05, 4.69) is 14.8 Å². The minimum absolute atomic E-state index is 0.134. The molecule has 0 N–H and O–H groups in total. The summed E-state index contributed by atoms with van der Waals surface area (Å²) in [5, 5.41) is 20.0. The zero-order valence-corrected chi connectivity index (χ0v) is 12.4. The van der Waals surface area contributed by atoms with E-state index in [0.717, 1.165) is 26.2 Å². The van der Waals surface area contributed by atoms with Crippen molar-refractivity contribution in [3.05, 3.63) is 27.9 Å². The maximum Gasteiger partial charge on any atom is 0.289 e. The molecule has 2 aliphatic rings. The van der Waals surface area contributed by atoms with Gasteiger partial charge in [-0.2, -0.15) is 5.26 Å². The van der Waals surface area contributed by atoms with Crippen molar-refractivity contribution in [2.45, 2.75) is 31.7 Å². The van der Waals surface area contributed by atoms with Crippen molar-refractivity contribution in [1.29, 1.82) is 5.26 Å². The third-order valence-electron chi connectivity index (χ3n) is 4.64. The van der Waals surface area contributed by atoms with Crippen molar-refractivity contribution in [2.24, 2.45) is 0 Å². The van der Waals surface area contributed by atoms with E-state index < -0.39 is 4.92 Å². The molecule has 0 spiro atoms. The standard InChI is InChI=1S/C15H19N5O2/c16-10-12-9-14(20(21)22)11-17-15(12)19-7-5-18(6-8-19)13-3-1-2-4-13/h9,11,13H,1-8H2. The molecule has 22 heavy (non-hydrogen) atoms. The molecule has 0 aromatic carbocycles. The average Bonchev–Trinajstić information content (AvgIpc) is 3.09. The SMILES string of the molecule is N#Cc1cc([N+](=O)[O-])cnc1N1CCN(C2CCCC2)CC1. The molecule has 0 bridgehead atoms. The van der Waals surface area contributed by atoms with Crippen LogP contribution in [0.5, 0.6) is 0 Å². The molecule has 2 heterocycles. The molecule has 7 nitrogen and oxygen atoms in total. The topological polar surface area (TPSA) is 86.3 Å². The Balaban J connectivity index is 1.70. The Kier molecular flexibility index (Phi) is 4.20. The van der Waals surface area contributed by atoms with Gasteiger partial charge in [-0.05, 0) is 12.8 Å². The summed E-state index contributed by atoms with van der Waals surface area (Å²) >= 11 is 0. The second-order valence-corrected chi connectivity index (χ2v) is 5.89. The number of aromatic nitrogens is 1. The lowest BCUT2D eigenvalue weighted by Gasteiger charge is -2.38. The van der Waals surface area contributed by atoms with E-state index in [9.17, 15) is 15.4 Å². The molecule has 1 aliphatic heterocycles. The number of nitro groups is 1.